The minimum atomic E-state index is 0.0962. The number of hydrogen-bond donors (Lipinski definition) is 2. The van der Waals surface area contributed by atoms with Gasteiger partial charge in [0.2, 0.25) is 5.91 Å². The highest BCUT2D eigenvalue weighted by Crippen LogP contribution is 2.24. The molecule has 1 aliphatic heterocycles. The second-order valence-corrected chi connectivity index (χ2v) is 8.48. The molecule has 0 radical (unpaired) electrons. The summed E-state index contributed by atoms with van der Waals surface area (Å²) in [4.78, 5) is 22.8. The summed E-state index contributed by atoms with van der Waals surface area (Å²) in [7, 11) is 1.86. The number of carbonyl (C=O) groups is 1. The number of carbonyl (C=O) groups excluding carboxylic acids is 1. The predicted molar refractivity (Wildman–Crippen MR) is 104 cm³/mol. The molecule has 2 rings (SSSR count). The molecule has 0 bridgehead atoms. The van der Waals surface area contributed by atoms with Gasteiger partial charge >= 0.3 is 0 Å². The van der Waals surface area contributed by atoms with E-state index in [1.54, 1.807) is 16.2 Å². The molecular formula is C18H31N5OS. The number of likely N-dealkylation sites (N-methyl/N-ethyl adjacent to an activating group) is 1. The van der Waals surface area contributed by atoms with Gasteiger partial charge in [-0.05, 0) is 13.3 Å². The molecule has 6 nitrogen and oxygen atoms in total. The van der Waals surface area contributed by atoms with E-state index in [0.29, 0.717) is 13.0 Å². The van der Waals surface area contributed by atoms with Crippen molar-refractivity contribution in [2.24, 2.45) is 4.99 Å². The fourth-order valence-corrected chi connectivity index (χ4v) is 3.69. The Morgan fingerprint density at radius 2 is 2.24 bits per heavy atom. The summed E-state index contributed by atoms with van der Waals surface area (Å²) in [5.74, 6) is 1.04. The highest BCUT2D eigenvalue weighted by molar-refractivity contribution is 7.09. The van der Waals surface area contributed by atoms with Crippen molar-refractivity contribution in [1.29, 1.82) is 0 Å². The lowest BCUT2D eigenvalue weighted by Crippen LogP contribution is -2.51. The normalized spacial score (nSPS) is 19.2. The van der Waals surface area contributed by atoms with E-state index in [1.165, 1.54) is 0 Å². The molecule has 1 aromatic rings. The van der Waals surface area contributed by atoms with Crippen LogP contribution in [0.5, 0.6) is 0 Å². The summed E-state index contributed by atoms with van der Waals surface area (Å²) in [6.45, 7) is 10.9. The molecule has 2 heterocycles. The van der Waals surface area contributed by atoms with Crippen molar-refractivity contribution in [3.8, 4) is 0 Å². The van der Waals surface area contributed by atoms with Crippen LogP contribution in [0, 0.1) is 0 Å². The number of nitrogens with one attached hydrogen (secondary N) is 2. The maximum atomic E-state index is 11.6. The van der Waals surface area contributed by atoms with Gasteiger partial charge in [0.15, 0.2) is 5.96 Å². The van der Waals surface area contributed by atoms with Crippen LogP contribution in [0.1, 0.15) is 51.2 Å². The SMILES string of the molecule is CCNC(=NCCc1nc(C(C)(C)C)cs1)NC1CCC(=O)N(C)C1. The summed E-state index contributed by atoms with van der Waals surface area (Å²) >= 11 is 1.71. The summed E-state index contributed by atoms with van der Waals surface area (Å²) in [5, 5.41) is 10.0. The summed E-state index contributed by atoms with van der Waals surface area (Å²) < 4.78 is 0. The third kappa shape index (κ3) is 5.99. The number of aliphatic imine (C=N–C) groups is 1. The summed E-state index contributed by atoms with van der Waals surface area (Å²) in [6.07, 6.45) is 2.30. The molecule has 7 heteroatoms. The van der Waals surface area contributed by atoms with Gasteiger partial charge < -0.3 is 15.5 Å². The highest BCUT2D eigenvalue weighted by Gasteiger charge is 2.23. The molecule has 2 N–H and O–H groups in total. The lowest BCUT2D eigenvalue weighted by molar-refractivity contribution is -0.132. The molecule has 1 atom stereocenters. The minimum absolute atomic E-state index is 0.0962. The maximum Gasteiger partial charge on any atom is 0.222 e. The molecular weight excluding hydrogens is 334 g/mol. The first-order valence-corrected chi connectivity index (χ1v) is 9.91. The number of amides is 1. The van der Waals surface area contributed by atoms with E-state index in [2.05, 4.69) is 48.7 Å². The van der Waals surface area contributed by atoms with Crippen LogP contribution < -0.4 is 10.6 Å². The summed E-state index contributed by atoms with van der Waals surface area (Å²) in [5.41, 5.74) is 1.25. The Bertz CT molecular complexity index is 605. The van der Waals surface area contributed by atoms with E-state index in [1.807, 2.05) is 7.05 Å². The van der Waals surface area contributed by atoms with Gasteiger partial charge in [-0.3, -0.25) is 9.79 Å². The third-order valence-corrected chi connectivity index (χ3v) is 5.14. The van der Waals surface area contributed by atoms with Gasteiger partial charge in [-0.2, -0.15) is 0 Å². The van der Waals surface area contributed by atoms with Gasteiger partial charge in [0.25, 0.3) is 0 Å². The summed E-state index contributed by atoms with van der Waals surface area (Å²) in [6, 6.07) is 0.257. The fraction of sp³-hybridized carbons (Fsp3) is 0.722. The topological polar surface area (TPSA) is 69.6 Å². The standard InChI is InChI=1S/C18H31N5OS/c1-6-19-17(21-13-7-8-16(24)23(5)11-13)20-10-9-15-22-14(12-25-15)18(2,3)4/h12-13H,6-11H2,1-5H3,(H2,19,20,21). The van der Waals surface area contributed by atoms with Gasteiger partial charge in [0, 0.05) is 56.4 Å². The quantitative estimate of drug-likeness (QED) is 0.620. The second kappa shape index (κ2) is 8.65. The molecule has 1 amide bonds. The van der Waals surface area contributed by atoms with Crippen LogP contribution >= 0.6 is 11.3 Å². The number of nitrogens with zero attached hydrogens (tertiary/aromatic N) is 3. The van der Waals surface area contributed by atoms with Crippen molar-refractivity contribution in [3.63, 3.8) is 0 Å². The van der Waals surface area contributed by atoms with Crippen LogP contribution in [0.25, 0.3) is 0 Å². The fourth-order valence-electron chi connectivity index (χ4n) is 2.68. The van der Waals surface area contributed by atoms with Gasteiger partial charge in [0.05, 0.1) is 10.7 Å². The minimum Gasteiger partial charge on any atom is -0.357 e. The number of rotatable bonds is 5. The molecule has 1 aliphatic rings. The maximum absolute atomic E-state index is 11.6. The van der Waals surface area contributed by atoms with E-state index < -0.39 is 0 Å². The predicted octanol–water partition coefficient (Wildman–Crippen LogP) is 2.16. The molecule has 0 aromatic carbocycles. The Kier molecular flexibility index (Phi) is 6.81. The van der Waals surface area contributed by atoms with Crippen molar-refractivity contribution in [2.45, 2.75) is 58.4 Å². The van der Waals surface area contributed by atoms with Crippen LogP contribution in [0.15, 0.2) is 10.4 Å². The zero-order valence-electron chi connectivity index (χ0n) is 16.1. The zero-order chi connectivity index (χ0) is 18.4. The molecule has 0 spiro atoms. The van der Waals surface area contributed by atoms with Crippen molar-refractivity contribution in [1.82, 2.24) is 20.5 Å². The Hall–Kier alpha value is -1.63. The molecule has 0 saturated carbocycles. The highest BCUT2D eigenvalue weighted by atomic mass is 32.1. The van der Waals surface area contributed by atoms with Crippen molar-refractivity contribution >= 4 is 23.2 Å². The second-order valence-electron chi connectivity index (χ2n) is 7.54. The molecule has 1 saturated heterocycles. The zero-order valence-corrected chi connectivity index (χ0v) is 16.9. The first-order valence-electron chi connectivity index (χ1n) is 9.03. The van der Waals surface area contributed by atoms with Gasteiger partial charge in [0.1, 0.15) is 0 Å². The number of thiazole rings is 1. The lowest BCUT2D eigenvalue weighted by Gasteiger charge is -2.31. The van der Waals surface area contributed by atoms with Gasteiger partial charge in [-0.15, -0.1) is 11.3 Å². The molecule has 1 fully saturated rings. The Labute approximate surface area is 155 Å². The average Bonchev–Trinajstić information content (AvgIpc) is 3.00. The Morgan fingerprint density at radius 3 is 2.84 bits per heavy atom. The van der Waals surface area contributed by atoms with Crippen LogP contribution in [-0.4, -0.2) is 54.5 Å². The van der Waals surface area contributed by atoms with Crippen LogP contribution in [0.2, 0.25) is 0 Å². The van der Waals surface area contributed by atoms with Gasteiger partial charge in [-0.1, -0.05) is 20.8 Å². The van der Waals surface area contributed by atoms with Crippen LogP contribution in [0.3, 0.4) is 0 Å². The van der Waals surface area contributed by atoms with E-state index in [4.69, 9.17) is 4.98 Å². The average molecular weight is 366 g/mol. The number of likely N-dealkylation sites (tertiary alicyclic amines) is 1. The number of hydrogen-bond acceptors (Lipinski definition) is 4. The van der Waals surface area contributed by atoms with Crippen LogP contribution in [0.4, 0.5) is 0 Å². The molecule has 0 aliphatic carbocycles. The van der Waals surface area contributed by atoms with Crippen LogP contribution in [-0.2, 0) is 16.6 Å². The largest absolute Gasteiger partial charge is 0.357 e. The van der Waals surface area contributed by atoms with E-state index in [9.17, 15) is 4.79 Å². The van der Waals surface area contributed by atoms with E-state index in [-0.39, 0.29) is 17.4 Å². The number of aromatic nitrogens is 1. The molecule has 25 heavy (non-hydrogen) atoms. The monoisotopic (exact) mass is 365 g/mol. The van der Waals surface area contributed by atoms with Gasteiger partial charge in [-0.25, -0.2) is 4.98 Å². The van der Waals surface area contributed by atoms with Crippen molar-refractivity contribution in [2.75, 3.05) is 26.7 Å². The van der Waals surface area contributed by atoms with Crippen molar-refractivity contribution in [3.05, 3.63) is 16.1 Å². The molecule has 1 unspecified atom stereocenters. The van der Waals surface area contributed by atoms with Crippen molar-refractivity contribution < 1.29 is 4.79 Å². The Balaban J connectivity index is 1.89. The number of piperidine rings is 1. The third-order valence-electron chi connectivity index (χ3n) is 4.23. The first kappa shape index (κ1) is 19.7. The lowest BCUT2D eigenvalue weighted by atomic mass is 9.93. The first-order chi connectivity index (χ1) is 11.8. The smallest absolute Gasteiger partial charge is 0.222 e. The van der Waals surface area contributed by atoms with E-state index in [0.717, 1.165) is 42.6 Å². The number of guanidine groups is 1. The molecule has 1 aromatic heterocycles. The van der Waals surface area contributed by atoms with E-state index >= 15 is 0 Å². The Morgan fingerprint density at radius 1 is 1.48 bits per heavy atom. The molecule has 140 valence electrons.